The number of rotatable bonds is 6. The molecule has 1 rings (SSSR count). The van der Waals surface area contributed by atoms with Crippen LogP contribution in [-0.2, 0) is 4.74 Å². The van der Waals surface area contributed by atoms with Crippen molar-refractivity contribution in [3.8, 4) is 0 Å². The molecule has 0 spiro atoms. The maximum atomic E-state index is 5.95. The zero-order chi connectivity index (χ0) is 12.0. The van der Waals surface area contributed by atoms with Crippen molar-refractivity contribution in [3.63, 3.8) is 0 Å². The normalized spacial score (nSPS) is 12.8. The van der Waals surface area contributed by atoms with E-state index in [1.165, 1.54) is 0 Å². The Balaban J connectivity index is 2.60. The van der Waals surface area contributed by atoms with Gasteiger partial charge in [0.05, 0.1) is 0 Å². The van der Waals surface area contributed by atoms with Crippen molar-refractivity contribution in [1.82, 2.24) is 0 Å². The van der Waals surface area contributed by atoms with Gasteiger partial charge in [0.2, 0.25) is 0 Å². The fraction of sp³-hybridized carbons (Fsp3) is 0.538. The van der Waals surface area contributed by atoms with E-state index in [0.717, 1.165) is 23.7 Å². The largest absolute Gasteiger partial charge is 0.385 e. The third kappa shape index (κ3) is 4.42. The monoisotopic (exact) mass is 241 g/mol. The summed E-state index contributed by atoms with van der Waals surface area (Å²) in [6, 6.07) is 8.24. The molecule has 1 atom stereocenters. The molecule has 90 valence electrons. The summed E-state index contributed by atoms with van der Waals surface area (Å²) in [7, 11) is 1.73. The second kappa shape index (κ2) is 6.77. The molecule has 0 aliphatic heterocycles. The predicted molar refractivity (Wildman–Crippen MR) is 70.2 cm³/mol. The molecule has 1 unspecified atom stereocenters. The number of hydrogen-bond donors (Lipinski definition) is 1. The smallest absolute Gasteiger partial charge is 0.0481 e. The topological polar surface area (TPSA) is 21.3 Å². The van der Waals surface area contributed by atoms with Crippen LogP contribution in [-0.4, -0.2) is 19.8 Å². The second-order valence-corrected chi connectivity index (χ2v) is 4.72. The third-order valence-corrected chi connectivity index (χ3v) is 2.85. The molecule has 1 aromatic carbocycles. The molecule has 0 bridgehead atoms. The Morgan fingerprint density at radius 3 is 2.69 bits per heavy atom. The highest BCUT2D eigenvalue weighted by Gasteiger charge is 2.12. The molecule has 16 heavy (non-hydrogen) atoms. The van der Waals surface area contributed by atoms with Gasteiger partial charge in [0, 0.05) is 30.5 Å². The average Bonchev–Trinajstić information content (AvgIpc) is 2.24. The van der Waals surface area contributed by atoms with E-state index >= 15 is 0 Å². The van der Waals surface area contributed by atoms with E-state index in [1.54, 1.807) is 7.11 Å². The Morgan fingerprint density at radius 2 is 2.12 bits per heavy atom. The summed E-state index contributed by atoms with van der Waals surface area (Å²) in [5.74, 6) is 0.564. The van der Waals surface area contributed by atoms with Crippen molar-refractivity contribution in [3.05, 3.63) is 29.3 Å². The van der Waals surface area contributed by atoms with Gasteiger partial charge in [0.25, 0.3) is 0 Å². The Morgan fingerprint density at radius 1 is 1.38 bits per heavy atom. The van der Waals surface area contributed by atoms with Crippen molar-refractivity contribution in [2.75, 3.05) is 19.0 Å². The van der Waals surface area contributed by atoms with E-state index in [1.807, 2.05) is 24.3 Å². The molecule has 0 radical (unpaired) electrons. The van der Waals surface area contributed by atoms with Gasteiger partial charge in [-0.05, 0) is 30.5 Å². The van der Waals surface area contributed by atoms with Gasteiger partial charge in [-0.2, -0.15) is 0 Å². The number of methoxy groups -OCH3 is 1. The van der Waals surface area contributed by atoms with E-state index in [-0.39, 0.29) is 0 Å². The number of ether oxygens (including phenoxy) is 1. The van der Waals surface area contributed by atoms with Gasteiger partial charge in [-0.1, -0.05) is 31.5 Å². The van der Waals surface area contributed by atoms with Crippen molar-refractivity contribution in [1.29, 1.82) is 0 Å². The molecular formula is C13H20ClNO. The Bertz CT molecular complexity index is 315. The Labute approximate surface area is 103 Å². The summed E-state index contributed by atoms with van der Waals surface area (Å²) in [6.07, 6.45) is 1.00. The predicted octanol–water partition coefficient (Wildman–Crippen LogP) is 3.81. The van der Waals surface area contributed by atoms with Crippen LogP contribution in [0.25, 0.3) is 0 Å². The third-order valence-electron chi connectivity index (χ3n) is 2.61. The van der Waals surface area contributed by atoms with Crippen LogP contribution in [0.2, 0.25) is 5.02 Å². The minimum Gasteiger partial charge on any atom is -0.385 e. The van der Waals surface area contributed by atoms with Crippen LogP contribution in [0.3, 0.4) is 0 Å². The maximum Gasteiger partial charge on any atom is 0.0481 e. The molecule has 0 saturated carbocycles. The summed E-state index contributed by atoms with van der Waals surface area (Å²) in [5.41, 5.74) is 1.07. The van der Waals surface area contributed by atoms with Gasteiger partial charge in [-0.25, -0.2) is 0 Å². The van der Waals surface area contributed by atoms with Crippen LogP contribution < -0.4 is 5.32 Å². The van der Waals surface area contributed by atoms with Gasteiger partial charge in [-0.15, -0.1) is 0 Å². The van der Waals surface area contributed by atoms with Crippen LogP contribution >= 0.6 is 11.6 Å². The van der Waals surface area contributed by atoms with Gasteiger partial charge in [0.15, 0.2) is 0 Å². The lowest BCUT2D eigenvalue weighted by molar-refractivity contribution is 0.184. The highest BCUT2D eigenvalue weighted by atomic mass is 35.5. The maximum absolute atomic E-state index is 5.95. The van der Waals surface area contributed by atoms with Crippen molar-refractivity contribution in [2.24, 2.45) is 5.92 Å². The van der Waals surface area contributed by atoms with E-state index in [2.05, 4.69) is 19.2 Å². The summed E-state index contributed by atoms with van der Waals surface area (Å²) < 4.78 is 5.12. The molecular weight excluding hydrogens is 222 g/mol. The first-order chi connectivity index (χ1) is 7.63. The van der Waals surface area contributed by atoms with Crippen molar-refractivity contribution in [2.45, 2.75) is 26.3 Å². The summed E-state index contributed by atoms with van der Waals surface area (Å²) in [5, 5.41) is 4.25. The molecule has 1 N–H and O–H groups in total. The van der Waals surface area contributed by atoms with Crippen LogP contribution in [0.4, 0.5) is 5.69 Å². The minimum absolute atomic E-state index is 0.415. The van der Waals surface area contributed by atoms with E-state index in [9.17, 15) is 0 Å². The summed E-state index contributed by atoms with van der Waals surface area (Å²) >= 11 is 5.95. The molecule has 2 nitrogen and oxygen atoms in total. The highest BCUT2D eigenvalue weighted by Crippen LogP contribution is 2.19. The molecule has 3 heteroatoms. The van der Waals surface area contributed by atoms with E-state index in [0.29, 0.717) is 12.0 Å². The first-order valence-corrected chi connectivity index (χ1v) is 6.02. The standard InChI is InChI=1S/C13H20ClNO/c1-10(2)13(7-8-16-3)15-12-6-4-5-11(14)9-12/h4-6,9-10,13,15H,7-8H2,1-3H3. The summed E-state index contributed by atoms with van der Waals surface area (Å²) in [4.78, 5) is 0. The molecule has 0 amide bonds. The quantitative estimate of drug-likeness (QED) is 0.818. The lowest BCUT2D eigenvalue weighted by Crippen LogP contribution is -2.27. The fourth-order valence-electron chi connectivity index (χ4n) is 1.61. The molecule has 0 aliphatic carbocycles. The lowest BCUT2D eigenvalue weighted by Gasteiger charge is -2.23. The first-order valence-electron chi connectivity index (χ1n) is 5.64. The van der Waals surface area contributed by atoms with Gasteiger partial charge in [-0.3, -0.25) is 0 Å². The lowest BCUT2D eigenvalue weighted by atomic mass is 10.0. The van der Waals surface area contributed by atoms with Gasteiger partial charge in [0.1, 0.15) is 0 Å². The van der Waals surface area contributed by atoms with E-state index < -0.39 is 0 Å². The zero-order valence-corrected chi connectivity index (χ0v) is 10.9. The van der Waals surface area contributed by atoms with Gasteiger partial charge >= 0.3 is 0 Å². The first kappa shape index (κ1) is 13.3. The molecule has 0 aliphatic rings. The fourth-order valence-corrected chi connectivity index (χ4v) is 1.80. The minimum atomic E-state index is 0.415. The SMILES string of the molecule is COCCC(Nc1cccc(Cl)c1)C(C)C. The molecule has 0 saturated heterocycles. The van der Waals surface area contributed by atoms with Crippen LogP contribution in [0.5, 0.6) is 0 Å². The van der Waals surface area contributed by atoms with Crippen LogP contribution in [0.1, 0.15) is 20.3 Å². The van der Waals surface area contributed by atoms with E-state index in [4.69, 9.17) is 16.3 Å². The number of anilines is 1. The number of benzene rings is 1. The summed E-state index contributed by atoms with van der Waals surface area (Å²) in [6.45, 7) is 5.19. The number of nitrogens with one attached hydrogen (secondary N) is 1. The number of halogens is 1. The van der Waals surface area contributed by atoms with Crippen LogP contribution in [0.15, 0.2) is 24.3 Å². The molecule has 0 fully saturated rings. The molecule has 1 aromatic rings. The average molecular weight is 242 g/mol. The second-order valence-electron chi connectivity index (χ2n) is 4.29. The van der Waals surface area contributed by atoms with Gasteiger partial charge < -0.3 is 10.1 Å². The van der Waals surface area contributed by atoms with Crippen molar-refractivity contribution < 1.29 is 4.74 Å². The molecule has 0 heterocycles. The van der Waals surface area contributed by atoms with Crippen molar-refractivity contribution >= 4 is 17.3 Å². The van der Waals surface area contributed by atoms with Crippen LogP contribution in [0, 0.1) is 5.92 Å². The Kier molecular flexibility index (Phi) is 5.64. The Hall–Kier alpha value is -0.730. The molecule has 0 aromatic heterocycles. The number of hydrogen-bond acceptors (Lipinski definition) is 2. The zero-order valence-electron chi connectivity index (χ0n) is 10.2. The highest BCUT2D eigenvalue weighted by molar-refractivity contribution is 6.30.